The van der Waals surface area contributed by atoms with Crippen LogP contribution in [-0.2, 0) is 4.79 Å². The van der Waals surface area contributed by atoms with E-state index < -0.39 is 6.04 Å². The third-order valence-electron chi connectivity index (χ3n) is 6.63. The highest BCUT2D eigenvalue weighted by Crippen LogP contribution is 2.34. The number of hydrogen-bond acceptors (Lipinski definition) is 6. The average Bonchev–Trinajstić information content (AvgIpc) is 3.26. The smallest absolute Gasteiger partial charge is 0.271 e. The molecule has 8 heteroatoms. The van der Waals surface area contributed by atoms with Crippen LogP contribution in [0.15, 0.2) is 48.5 Å². The Morgan fingerprint density at radius 2 is 1.68 bits per heavy atom. The predicted octanol–water partition coefficient (Wildman–Crippen LogP) is 6.00. The zero-order valence-electron chi connectivity index (χ0n) is 22.0. The molecular weight excluding hydrogens is 486 g/mol. The summed E-state index contributed by atoms with van der Waals surface area (Å²) < 4.78 is 11.0. The molecule has 1 aromatic heterocycles. The van der Waals surface area contributed by atoms with Gasteiger partial charge in [0.1, 0.15) is 22.4 Å². The van der Waals surface area contributed by atoms with Gasteiger partial charge >= 0.3 is 0 Å². The van der Waals surface area contributed by atoms with Crippen LogP contribution in [0.1, 0.15) is 71.0 Å². The van der Waals surface area contributed by atoms with Gasteiger partial charge in [-0.3, -0.25) is 14.5 Å². The summed E-state index contributed by atoms with van der Waals surface area (Å²) >= 11 is 1.34. The van der Waals surface area contributed by atoms with Crippen molar-refractivity contribution >= 4 is 28.8 Å². The third kappa shape index (κ3) is 6.31. The van der Waals surface area contributed by atoms with Gasteiger partial charge in [0.05, 0.1) is 24.4 Å². The molecule has 0 aliphatic heterocycles. The number of amides is 2. The highest BCUT2D eigenvalue weighted by atomic mass is 32.1. The molecule has 7 nitrogen and oxygen atoms in total. The molecule has 4 rings (SSSR count). The van der Waals surface area contributed by atoms with Crippen LogP contribution in [0.5, 0.6) is 11.5 Å². The Morgan fingerprint density at radius 3 is 2.24 bits per heavy atom. The summed E-state index contributed by atoms with van der Waals surface area (Å²) in [5.74, 6) is 0.934. The van der Waals surface area contributed by atoms with Gasteiger partial charge in [-0.2, -0.15) is 0 Å². The molecule has 37 heavy (non-hydrogen) atoms. The maximum atomic E-state index is 14.2. The van der Waals surface area contributed by atoms with E-state index in [1.165, 1.54) is 17.8 Å². The molecule has 0 spiro atoms. The molecule has 1 aliphatic rings. The predicted molar refractivity (Wildman–Crippen MR) is 147 cm³/mol. The molecular formula is C29H35N3O4S. The molecule has 1 atom stereocenters. The SMILES string of the molecule is CCOc1ccc(N(C(=O)c2sc(C)nc2C)C(C(=O)NC2CCCCC2)c2ccc(OC)cc2)cc1. The summed E-state index contributed by atoms with van der Waals surface area (Å²) in [4.78, 5) is 34.8. The lowest BCUT2D eigenvalue weighted by molar-refractivity contribution is -0.123. The number of benzene rings is 2. The molecule has 2 amide bonds. The maximum Gasteiger partial charge on any atom is 0.271 e. The minimum atomic E-state index is -0.875. The number of hydrogen-bond donors (Lipinski definition) is 1. The van der Waals surface area contributed by atoms with Crippen LogP contribution in [0.4, 0.5) is 5.69 Å². The maximum absolute atomic E-state index is 14.2. The second-order valence-electron chi connectivity index (χ2n) is 9.27. The van der Waals surface area contributed by atoms with E-state index in [0.717, 1.165) is 30.7 Å². The zero-order valence-corrected chi connectivity index (χ0v) is 22.8. The summed E-state index contributed by atoms with van der Waals surface area (Å²) in [6, 6.07) is 13.9. The first-order valence-electron chi connectivity index (χ1n) is 12.9. The standard InChI is InChI=1S/C29H35N3O4S/c1-5-36-25-17-13-23(14-18-25)32(29(34)27-19(2)30-20(3)37-27)26(21-11-15-24(35-4)16-12-21)28(33)31-22-9-7-6-8-10-22/h11-18,22,26H,5-10H2,1-4H3,(H,31,33). The largest absolute Gasteiger partial charge is 0.497 e. The molecule has 1 N–H and O–H groups in total. The number of aromatic nitrogens is 1. The summed E-state index contributed by atoms with van der Waals surface area (Å²) in [6.07, 6.45) is 5.28. The van der Waals surface area contributed by atoms with Crippen molar-refractivity contribution < 1.29 is 19.1 Å². The fourth-order valence-electron chi connectivity index (χ4n) is 4.82. The highest BCUT2D eigenvalue weighted by molar-refractivity contribution is 7.13. The minimum absolute atomic E-state index is 0.103. The zero-order chi connectivity index (χ0) is 26.4. The summed E-state index contributed by atoms with van der Waals surface area (Å²) in [5.41, 5.74) is 1.97. The van der Waals surface area contributed by atoms with Crippen molar-refractivity contribution in [2.24, 2.45) is 0 Å². The molecule has 0 bridgehead atoms. The second-order valence-corrected chi connectivity index (χ2v) is 10.5. The van der Waals surface area contributed by atoms with E-state index in [0.29, 0.717) is 39.9 Å². The number of carbonyl (C=O) groups is 2. The highest BCUT2D eigenvalue weighted by Gasteiger charge is 2.36. The molecule has 0 saturated heterocycles. The second kappa shape index (κ2) is 12.2. The fraction of sp³-hybridized carbons (Fsp3) is 0.414. The van der Waals surface area contributed by atoms with Crippen molar-refractivity contribution in [3.8, 4) is 11.5 Å². The number of nitrogens with zero attached hydrogens (tertiary/aromatic N) is 2. The van der Waals surface area contributed by atoms with Gasteiger partial charge in [0.25, 0.3) is 5.91 Å². The Labute approximate surface area is 222 Å². The minimum Gasteiger partial charge on any atom is -0.497 e. The lowest BCUT2D eigenvalue weighted by Gasteiger charge is -2.33. The van der Waals surface area contributed by atoms with E-state index in [2.05, 4.69) is 10.3 Å². The van der Waals surface area contributed by atoms with Crippen molar-refractivity contribution in [2.45, 2.75) is 65.0 Å². The molecule has 1 saturated carbocycles. The number of rotatable bonds is 9. The normalized spacial score (nSPS) is 14.6. The van der Waals surface area contributed by atoms with E-state index >= 15 is 0 Å². The van der Waals surface area contributed by atoms with Crippen LogP contribution in [0.25, 0.3) is 0 Å². The number of aryl methyl sites for hydroxylation is 2. The first-order valence-corrected chi connectivity index (χ1v) is 13.7. The Morgan fingerprint density at radius 1 is 1.03 bits per heavy atom. The van der Waals surface area contributed by atoms with Crippen LogP contribution in [0, 0.1) is 13.8 Å². The molecule has 0 radical (unpaired) electrons. The number of anilines is 1. The molecule has 1 heterocycles. The van der Waals surface area contributed by atoms with Crippen LogP contribution in [0.3, 0.4) is 0 Å². The van der Waals surface area contributed by atoms with Gasteiger partial charge in [-0.15, -0.1) is 11.3 Å². The van der Waals surface area contributed by atoms with Crippen LogP contribution < -0.4 is 19.7 Å². The molecule has 196 valence electrons. The number of thiazole rings is 1. The first kappa shape index (κ1) is 26.7. The van der Waals surface area contributed by atoms with Gasteiger partial charge in [0.15, 0.2) is 0 Å². The lowest BCUT2D eigenvalue weighted by atomic mass is 9.94. The van der Waals surface area contributed by atoms with Crippen molar-refractivity contribution in [1.29, 1.82) is 0 Å². The van der Waals surface area contributed by atoms with Crippen LogP contribution in [-0.4, -0.2) is 36.6 Å². The van der Waals surface area contributed by atoms with Crippen molar-refractivity contribution in [2.75, 3.05) is 18.6 Å². The Bertz CT molecular complexity index is 1200. The monoisotopic (exact) mass is 521 g/mol. The third-order valence-corrected chi connectivity index (χ3v) is 7.69. The topological polar surface area (TPSA) is 80.8 Å². The van der Waals surface area contributed by atoms with E-state index in [-0.39, 0.29) is 17.9 Å². The van der Waals surface area contributed by atoms with Gasteiger partial charge in [-0.25, -0.2) is 4.98 Å². The average molecular weight is 522 g/mol. The van der Waals surface area contributed by atoms with E-state index in [4.69, 9.17) is 9.47 Å². The Kier molecular flexibility index (Phi) is 8.82. The van der Waals surface area contributed by atoms with Gasteiger partial charge < -0.3 is 14.8 Å². The van der Waals surface area contributed by atoms with Gasteiger partial charge in [0.2, 0.25) is 5.91 Å². The molecule has 3 aromatic rings. The van der Waals surface area contributed by atoms with Crippen molar-refractivity contribution in [1.82, 2.24) is 10.3 Å². The number of ether oxygens (including phenoxy) is 2. The molecule has 1 fully saturated rings. The lowest BCUT2D eigenvalue weighted by Crippen LogP contribution is -2.47. The molecule has 2 aromatic carbocycles. The Balaban J connectivity index is 1.81. The molecule has 1 aliphatic carbocycles. The number of nitrogens with one attached hydrogen (secondary N) is 1. The number of carbonyl (C=O) groups excluding carboxylic acids is 2. The van der Waals surface area contributed by atoms with Crippen molar-refractivity contribution in [3.05, 3.63) is 69.7 Å². The van der Waals surface area contributed by atoms with Crippen molar-refractivity contribution in [3.63, 3.8) is 0 Å². The van der Waals surface area contributed by atoms with E-state index in [1.807, 2.05) is 69.3 Å². The van der Waals surface area contributed by atoms with Crippen LogP contribution in [0.2, 0.25) is 0 Å². The number of methoxy groups -OCH3 is 1. The summed E-state index contributed by atoms with van der Waals surface area (Å²) in [7, 11) is 1.60. The summed E-state index contributed by atoms with van der Waals surface area (Å²) in [5, 5.41) is 4.06. The van der Waals surface area contributed by atoms with Crippen LogP contribution >= 0.6 is 11.3 Å². The summed E-state index contributed by atoms with van der Waals surface area (Å²) in [6.45, 7) is 6.18. The first-order chi connectivity index (χ1) is 17.9. The quantitative estimate of drug-likeness (QED) is 0.373. The van der Waals surface area contributed by atoms with Gasteiger partial charge in [-0.05, 0) is 75.6 Å². The van der Waals surface area contributed by atoms with Gasteiger partial charge in [0, 0.05) is 11.7 Å². The fourth-order valence-corrected chi connectivity index (χ4v) is 5.68. The van der Waals surface area contributed by atoms with E-state index in [9.17, 15) is 9.59 Å². The van der Waals surface area contributed by atoms with Gasteiger partial charge in [-0.1, -0.05) is 31.4 Å². The Hall–Kier alpha value is -3.39. The molecule has 1 unspecified atom stereocenters. The van der Waals surface area contributed by atoms with E-state index in [1.54, 1.807) is 12.0 Å².